The number of hydrogen-bond donors (Lipinski definition) is 0. The molecule has 4 heteroatoms. The molecule has 0 N–H and O–H groups in total. The van der Waals surface area contributed by atoms with Crippen LogP contribution in [0.4, 0.5) is 0 Å². The maximum absolute atomic E-state index is 7.10. The third-order valence-corrected chi connectivity index (χ3v) is 15.1. The molecule has 4 bridgehead atoms. The quantitative estimate of drug-likeness (QED) is 0.299. The minimum Gasteiger partial charge on any atom is -0.542 e. The van der Waals surface area contributed by atoms with Crippen LogP contribution >= 0.6 is 11.6 Å². The number of halogens is 1. The molecule has 4 aliphatic carbocycles. The highest BCUT2D eigenvalue weighted by molar-refractivity contribution is 6.78. The maximum atomic E-state index is 7.10. The highest BCUT2D eigenvalue weighted by Gasteiger charge is 2.48. The SMILES string of the molecule is COC(=C1C2CC3CC(C2)CC1C3)c1cccc(O[Si](C(C)C)(C(C)C)C(C)C)c1Cl. The van der Waals surface area contributed by atoms with Gasteiger partial charge in [-0.1, -0.05) is 59.2 Å². The third kappa shape index (κ3) is 3.88. The Morgan fingerprint density at radius 3 is 1.84 bits per heavy atom. The molecule has 4 aliphatic rings. The van der Waals surface area contributed by atoms with Gasteiger partial charge in [-0.05, 0) is 90.1 Å². The lowest BCUT2D eigenvalue weighted by Gasteiger charge is -2.51. The Bertz CT molecular complexity index is 790. The number of hydrogen-bond acceptors (Lipinski definition) is 2. The molecule has 4 fully saturated rings. The molecule has 5 rings (SSSR count). The van der Waals surface area contributed by atoms with Crippen LogP contribution in [-0.2, 0) is 4.74 Å². The minimum atomic E-state index is -2.07. The van der Waals surface area contributed by atoms with E-state index in [4.69, 9.17) is 20.8 Å². The molecule has 0 unspecified atom stereocenters. The lowest BCUT2D eigenvalue weighted by Crippen LogP contribution is -2.50. The van der Waals surface area contributed by atoms with Crippen LogP contribution < -0.4 is 4.43 Å². The van der Waals surface area contributed by atoms with Gasteiger partial charge < -0.3 is 9.16 Å². The van der Waals surface area contributed by atoms with Crippen molar-refractivity contribution in [2.75, 3.05) is 7.11 Å². The molecule has 0 aromatic heterocycles. The topological polar surface area (TPSA) is 18.5 Å². The fourth-order valence-corrected chi connectivity index (χ4v) is 13.3. The zero-order valence-electron chi connectivity index (χ0n) is 20.5. The van der Waals surface area contributed by atoms with E-state index in [0.717, 1.165) is 33.9 Å². The van der Waals surface area contributed by atoms with Crippen molar-refractivity contribution in [2.45, 2.75) is 90.3 Å². The minimum absolute atomic E-state index is 0.511. The molecule has 0 radical (unpaired) electrons. The van der Waals surface area contributed by atoms with Gasteiger partial charge in [-0.25, -0.2) is 0 Å². The van der Waals surface area contributed by atoms with Crippen molar-refractivity contribution in [3.8, 4) is 5.75 Å². The predicted octanol–water partition coefficient (Wildman–Crippen LogP) is 8.71. The summed E-state index contributed by atoms with van der Waals surface area (Å²) in [4.78, 5) is 0. The zero-order chi connectivity index (χ0) is 22.5. The number of allylic oxidation sites excluding steroid dienone is 1. The second-order valence-corrected chi connectivity index (χ2v) is 17.1. The first kappa shape index (κ1) is 23.2. The van der Waals surface area contributed by atoms with Gasteiger partial charge >= 0.3 is 0 Å². The van der Waals surface area contributed by atoms with Crippen molar-refractivity contribution < 1.29 is 9.16 Å². The molecule has 1 aromatic carbocycles. The van der Waals surface area contributed by atoms with Crippen LogP contribution in [0.25, 0.3) is 5.76 Å². The van der Waals surface area contributed by atoms with Gasteiger partial charge in [0.25, 0.3) is 8.32 Å². The van der Waals surface area contributed by atoms with Gasteiger partial charge in [-0.2, -0.15) is 0 Å². The van der Waals surface area contributed by atoms with E-state index >= 15 is 0 Å². The molecule has 172 valence electrons. The standard InChI is InChI=1S/C27H41ClO2Si/c1-16(2)31(17(3)4,18(5)6)30-24-10-8-9-23(26(24)28)27(29-7)25-21-12-19-11-20(14-21)15-22(25)13-19/h8-10,16-22H,11-15H2,1-7H3. The molecular weight excluding hydrogens is 420 g/mol. The summed E-state index contributed by atoms with van der Waals surface area (Å²) < 4.78 is 13.1. The van der Waals surface area contributed by atoms with Gasteiger partial charge in [0.05, 0.1) is 12.1 Å². The van der Waals surface area contributed by atoms with Crippen LogP contribution in [-0.4, -0.2) is 15.4 Å². The van der Waals surface area contributed by atoms with Crippen molar-refractivity contribution >= 4 is 25.7 Å². The molecule has 4 saturated carbocycles. The molecular formula is C27H41ClO2Si. The van der Waals surface area contributed by atoms with E-state index in [1.807, 2.05) is 7.11 Å². The first-order valence-electron chi connectivity index (χ1n) is 12.4. The van der Waals surface area contributed by atoms with Crippen LogP contribution in [0.1, 0.15) is 79.2 Å². The van der Waals surface area contributed by atoms with Crippen LogP contribution in [0, 0.1) is 23.7 Å². The first-order chi connectivity index (χ1) is 14.7. The average Bonchev–Trinajstić information content (AvgIpc) is 2.69. The monoisotopic (exact) mass is 460 g/mol. The molecule has 0 aliphatic heterocycles. The number of methoxy groups -OCH3 is 1. The van der Waals surface area contributed by atoms with E-state index < -0.39 is 8.32 Å². The van der Waals surface area contributed by atoms with E-state index in [-0.39, 0.29) is 0 Å². The van der Waals surface area contributed by atoms with Crippen LogP contribution in [0.2, 0.25) is 21.6 Å². The fraction of sp³-hybridized carbons (Fsp3) is 0.704. The highest BCUT2D eigenvalue weighted by Crippen LogP contribution is 2.58. The Morgan fingerprint density at radius 1 is 0.871 bits per heavy atom. The Hall–Kier alpha value is -0.933. The van der Waals surface area contributed by atoms with Crippen molar-refractivity contribution in [2.24, 2.45) is 23.7 Å². The fourth-order valence-electron chi connectivity index (χ4n) is 7.75. The van der Waals surface area contributed by atoms with Crippen molar-refractivity contribution in [3.63, 3.8) is 0 Å². The molecule has 0 amide bonds. The Kier molecular flexibility index (Phi) is 6.58. The molecule has 0 atom stereocenters. The summed E-state index contributed by atoms with van der Waals surface area (Å²) in [5.74, 6) is 5.12. The van der Waals surface area contributed by atoms with E-state index in [2.05, 4.69) is 59.7 Å². The number of benzene rings is 1. The average molecular weight is 461 g/mol. The number of ether oxygens (including phenoxy) is 1. The summed E-state index contributed by atoms with van der Waals surface area (Å²) in [6.45, 7) is 13.9. The van der Waals surface area contributed by atoms with Crippen molar-refractivity contribution in [3.05, 3.63) is 34.4 Å². The number of rotatable bonds is 7. The highest BCUT2D eigenvalue weighted by atomic mass is 35.5. The summed E-state index contributed by atoms with van der Waals surface area (Å²) in [5.41, 5.74) is 4.11. The largest absolute Gasteiger partial charge is 0.542 e. The van der Waals surface area contributed by atoms with Crippen molar-refractivity contribution in [1.29, 1.82) is 0 Å². The second kappa shape index (κ2) is 8.78. The summed E-state index contributed by atoms with van der Waals surface area (Å²) in [7, 11) is -0.249. The third-order valence-electron chi connectivity index (χ3n) is 8.69. The van der Waals surface area contributed by atoms with Crippen molar-refractivity contribution in [1.82, 2.24) is 0 Å². The smallest absolute Gasteiger partial charge is 0.258 e. The first-order valence-corrected chi connectivity index (χ1v) is 15.0. The lowest BCUT2D eigenvalue weighted by molar-refractivity contribution is 0.0675. The molecule has 0 saturated heterocycles. The lowest BCUT2D eigenvalue weighted by atomic mass is 9.54. The van der Waals surface area contributed by atoms with Gasteiger partial charge in [-0.3, -0.25) is 0 Å². The Labute approximate surface area is 195 Å². The second-order valence-electron chi connectivity index (χ2n) is 11.3. The molecule has 0 spiro atoms. The van der Waals surface area contributed by atoms with Gasteiger partial charge in [-0.15, -0.1) is 0 Å². The molecule has 31 heavy (non-hydrogen) atoms. The molecule has 0 heterocycles. The van der Waals surface area contributed by atoms with E-state index in [1.54, 1.807) is 5.57 Å². The van der Waals surface area contributed by atoms with E-state index in [9.17, 15) is 0 Å². The summed E-state index contributed by atoms with van der Waals surface area (Å²) >= 11 is 7.10. The normalized spacial score (nSPS) is 27.5. The van der Waals surface area contributed by atoms with E-state index in [0.29, 0.717) is 28.5 Å². The zero-order valence-corrected chi connectivity index (χ0v) is 22.3. The van der Waals surface area contributed by atoms with Crippen LogP contribution in [0.15, 0.2) is 23.8 Å². The van der Waals surface area contributed by atoms with Gasteiger partial charge in [0.1, 0.15) is 11.5 Å². The van der Waals surface area contributed by atoms with Crippen LogP contribution in [0.3, 0.4) is 0 Å². The maximum Gasteiger partial charge on any atom is 0.258 e. The van der Waals surface area contributed by atoms with Gasteiger partial charge in [0.2, 0.25) is 0 Å². The Balaban J connectivity index is 1.75. The molecule has 2 nitrogen and oxygen atoms in total. The van der Waals surface area contributed by atoms with Gasteiger partial charge in [0.15, 0.2) is 0 Å². The summed E-state index contributed by atoms with van der Waals surface area (Å²) in [6, 6.07) is 6.30. The molecule has 1 aromatic rings. The summed E-state index contributed by atoms with van der Waals surface area (Å²) in [6.07, 6.45) is 6.82. The van der Waals surface area contributed by atoms with E-state index in [1.165, 1.54) is 32.1 Å². The predicted molar refractivity (Wildman–Crippen MR) is 134 cm³/mol. The van der Waals surface area contributed by atoms with Crippen LogP contribution in [0.5, 0.6) is 5.75 Å². The Morgan fingerprint density at radius 2 is 1.39 bits per heavy atom. The van der Waals surface area contributed by atoms with Gasteiger partial charge in [0, 0.05) is 5.56 Å². The summed E-state index contributed by atoms with van der Waals surface area (Å²) in [5, 5.41) is 0.736.